The molecule has 0 aromatic heterocycles. The Morgan fingerprint density at radius 3 is 0.899 bits per heavy atom. The van der Waals surface area contributed by atoms with Gasteiger partial charge in [-0.1, -0.05) is 270 Å². The fraction of sp³-hybridized carbons (Fsp3) is 0.727. The van der Waals surface area contributed by atoms with Crippen LogP contribution in [0.5, 0.6) is 0 Å². The van der Waals surface area contributed by atoms with Crippen LogP contribution in [0.1, 0.15) is 308 Å². The third kappa shape index (κ3) is 37.8. The molecule has 0 amide bonds. The molecule has 0 spiro atoms. The largest absolute Gasteiger partial charge is 0.251 e. The predicted molar refractivity (Wildman–Crippen MR) is 307 cm³/mol. The number of para-hydroxylation sites is 2. The topological polar surface area (TPSA) is 24.7 Å². The zero-order chi connectivity index (χ0) is 48.5. The average Bonchev–Trinajstić information content (AvgIpc) is 3.36. The molecule has 0 saturated carbocycles. The van der Waals surface area contributed by atoms with E-state index in [2.05, 4.69) is 99.9 Å². The van der Waals surface area contributed by atoms with Gasteiger partial charge in [0.1, 0.15) is 0 Å². The third-order valence-corrected chi connectivity index (χ3v) is 14.0. The van der Waals surface area contributed by atoms with Gasteiger partial charge in [0.25, 0.3) is 0 Å². The van der Waals surface area contributed by atoms with Crippen molar-refractivity contribution in [2.24, 2.45) is 9.98 Å². The van der Waals surface area contributed by atoms with Crippen LogP contribution in [0, 0.1) is 23.7 Å². The Bertz CT molecular complexity index is 1630. The van der Waals surface area contributed by atoms with Gasteiger partial charge in [-0.2, -0.15) is 0 Å². The van der Waals surface area contributed by atoms with Crippen molar-refractivity contribution in [2.45, 2.75) is 310 Å². The van der Waals surface area contributed by atoms with Crippen molar-refractivity contribution < 1.29 is 16.5 Å². The van der Waals surface area contributed by atoms with E-state index in [1.807, 2.05) is 0 Å². The van der Waals surface area contributed by atoms with Gasteiger partial charge in [0.15, 0.2) is 0 Å². The molecule has 392 valence electrons. The number of unbranched alkanes of at least 4 members (excludes halogenated alkanes) is 34. The van der Waals surface area contributed by atoms with Crippen LogP contribution in [0.4, 0.5) is 11.4 Å². The second-order valence-corrected chi connectivity index (χ2v) is 20.4. The molecule has 2 aromatic carbocycles. The van der Waals surface area contributed by atoms with Crippen LogP contribution in [0.3, 0.4) is 0 Å². The maximum Gasteiger partial charge on any atom is 0.0666 e. The second-order valence-electron chi connectivity index (χ2n) is 20.4. The number of nitrogens with zero attached hydrogens (tertiary/aromatic N) is 2. The first-order valence-electron chi connectivity index (χ1n) is 30.0. The van der Waals surface area contributed by atoms with E-state index in [9.17, 15) is 0 Å². The molecule has 2 rings (SSSR count). The Morgan fingerprint density at radius 2 is 0.565 bits per heavy atom. The fourth-order valence-electron chi connectivity index (χ4n) is 9.46. The van der Waals surface area contributed by atoms with E-state index in [1.165, 1.54) is 234 Å². The standard InChI is InChI=1S/C66H108N2.Ni/c1-5-9-13-16-18-20-22-24-26-28-30-32-34-36-38-40-42-44-46-53-61-55-49-51-58-63(61)67-65(57-12-8-4)66(60-48-15-11-7-3)68-64-59-52-50-56-62(64)54-47-45-43-41-39-37-35-33-31-29-27-25-23-21-19-17-14-10-6-2;/h49-52,55-56,58-59H,5-41,46-48,53-54,57,60H2,1-4H3;. The van der Waals surface area contributed by atoms with Crippen molar-refractivity contribution >= 4 is 22.8 Å². The summed E-state index contributed by atoms with van der Waals surface area (Å²) in [5.41, 5.74) is 7.16. The van der Waals surface area contributed by atoms with Gasteiger partial charge in [-0.15, -0.1) is 23.7 Å². The van der Waals surface area contributed by atoms with Gasteiger partial charge in [-0.05, 0) is 74.6 Å². The van der Waals surface area contributed by atoms with Crippen LogP contribution < -0.4 is 0 Å². The summed E-state index contributed by atoms with van der Waals surface area (Å²) in [5, 5.41) is 0. The first-order chi connectivity index (χ1) is 33.7. The number of rotatable bonds is 45. The van der Waals surface area contributed by atoms with Crippen LogP contribution in [0.15, 0.2) is 58.5 Å². The van der Waals surface area contributed by atoms with Gasteiger partial charge in [0.2, 0.25) is 0 Å². The third-order valence-electron chi connectivity index (χ3n) is 14.0. The van der Waals surface area contributed by atoms with E-state index in [-0.39, 0.29) is 16.5 Å². The minimum absolute atomic E-state index is 0. The van der Waals surface area contributed by atoms with Crippen molar-refractivity contribution in [3.05, 3.63) is 59.7 Å². The summed E-state index contributed by atoms with van der Waals surface area (Å²) >= 11 is 0. The van der Waals surface area contributed by atoms with Crippen LogP contribution in [0.2, 0.25) is 0 Å². The van der Waals surface area contributed by atoms with E-state index in [0.29, 0.717) is 0 Å². The molecule has 0 fully saturated rings. The molecule has 0 aliphatic carbocycles. The normalized spacial score (nSPS) is 11.5. The molecule has 0 atom stereocenters. The summed E-state index contributed by atoms with van der Waals surface area (Å²) in [6.45, 7) is 9.19. The Balaban J connectivity index is 0.0000238. The van der Waals surface area contributed by atoms with Crippen LogP contribution in [0.25, 0.3) is 0 Å². The molecule has 0 unspecified atom stereocenters. The zero-order valence-electron chi connectivity index (χ0n) is 45.9. The van der Waals surface area contributed by atoms with E-state index in [0.717, 1.165) is 82.0 Å². The molecule has 0 saturated heterocycles. The Labute approximate surface area is 440 Å². The van der Waals surface area contributed by atoms with Gasteiger partial charge in [0.05, 0.1) is 22.8 Å². The quantitative estimate of drug-likeness (QED) is 0.0273. The molecular formula is C66H108N2Ni. The van der Waals surface area contributed by atoms with Gasteiger partial charge in [-0.25, -0.2) is 0 Å². The monoisotopic (exact) mass is 987 g/mol. The van der Waals surface area contributed by atoms with Crippen LogP contribution in [-0.4, -0.2) is 11.4 Å². The number of hydrogen-bond acceptors (Lipinski definition) is 2. The van der Waals surface area contributed by atoms with Crippen molar-refractivity contribution in [3.8, 4) is 23.7 Å². The first-order valence-corrected chi connectivity index (χ1v) is 30.0. The van der Waals surface area contributed by atoms with Crippen molar-refractivity contribution in [3.63, 3.8) is 0 Å². The van der Waals surface area contributed by atoms with Gasteiger partial charge >= 0.3 is 0 Å². The maximum atomic E-state index is 5.51. The van der Waals surface area contributed by atoms with Gasteiger partial charge in [-0.3, -0.25) is 9.98 Å². The van der Waals surface area contributed by atoms with E-state index in [1.54, 1.807) is 0 Å². The fourth-order valence-corrected chi connectivity index (χ4v) is 9.46. The molecule has 2 aromatic rings. The van der Waals surface area contributed by atoms with Crippen molar-refractivity contribution in [1.29, 1.82) is 0 Å². The molecule has 3 heteroatoms. The summed E-state index contributed by atoms with van der Waals surface area (Å²) in [6, 6.07) is 17.6. The SMILES string of the molecule is CCCCCCCCCCCCCCCCCC#CCCc1ccccc1N=C(CCCC)C(CCCCCC)=Nc1ccccc1CCC#CCCCCCCCCCCCCCCCCC.[Ni]. The second kappa shape index (κ2) is 50.3. The Morgan fingerprint density at radius 1 is 0.304 bits per heavy atom. The smallest absolute Gasteiger partial charge is 0.0666 e. The molecule has 0 aliphatic rings. The predicted octanol–water partition coefficient (Wildman–Crippen LogP) is 22.1. The molecule has 0 aliphatic heterocycles. The Hall–Kier alpha value is -2.61. The number of aryl methyl sites for hydroxylation is 2. The molecule has 69 heavy (non-hydrogen) atoms. The molecular weight excluding hydrogens is 879 g/mol. The number of benzene rings is 2. The number of aliphatic imine (C=N–C) groups is 2. The molecule has 0 N–H and O–H groups in total. The van der Waals surface area contributed by atoms with E-state index >= 15 is 0 Å². The van der Waals surface area contributed by atoms with Crippen molar-refractivity contribution in [2.75, 3.05) is 0 Å². The summed E-state index contributed by atoms with van der Waals surface area (Å²) in [5.74, 6) is 14.1. The van der Waals surface area contributed by atoms with Crippen molar-refractivity contribution in [1.82, 2.24) is 0 Å². The minimum Gasteiger partial charge on any atom is -0.251 e. The Kier molecular flexibility index (Phi) is 47.0. The average molecular weight is 988 g/mol. The molecule has 0 radical (unpaired) electrons. The van der Waals surface area contributed by atoms with E-state index in [4.69, 9.17) is 9.98 Å². The molecule has 2 nitrogen and oxygen atoms in total. The summed E-state index contributed by atoms with van der Waals surface area (Å²) in [6.07, 6.45) is 57.0. The van der Waals surface area contributed by atoms with Crippen LogP contribution >= 0.6 is 0 Å². The summed E-state index contributed by atoms with van der Waals surface area (Å²) < 4.78 is 0. The summed E-state index contributed by atoms with van der Waals surface area (Å²) in [7, 11) is 0. The zero-order valence-corrected chi connectivity index (χ0v) is 46.9. The summed E-state index contributed by atoms with van der Waals surface area (Å²) in [4.78, 5) is 11.0. The maximum absolute atomic E-state index is 5.51. The van der Waals surface area contributed by atoms with Gasteiger partial charge in [0, 0.05) is 42.2 Å². The first kappa shape index (κ1) is 64.4. The number of hydrogen-bond donors (Lipinski definition) is 0. The van der Waals surface area contributed by atoms with Crippen LogP contribution in [-0.2, 0) is 29.3 Å². The minimum atomic E-state index is 0. The molecule has 0 heterocycles. The van der Waals surface area contributed by atoms with Gasteiger partial charge < -0.3 is 0 Å². The molecule has 0 bridgehead atoms. The van der Waals surface area contributed by atoms with E-state index < -0.39 is 0 Å².